The summed E-state index contributed by atoms with van der Waals surface area (Å²) in [5.41, 5.74) is -8.52. The molecule has 0 fully saturated rings. The third-order valence-corrected chi connectivity index (χ3v) is 3.89. The number of hydrogen-bond acceptors (Lipinski definition) is 3. The van der Waals surface area contributed by atoms with Crippen molar-refractivity contribution in [2.75, 3.05) is 0 Å². The normalized spacial score (nSPS) is 17.5. The van der Waals surface area contributed by atoms with E-state index in [-0.39, 0.29) is 0 Å². The molecule has 1 aromatic rings. The van der Waals surface area contributed by atoms with Crippen molar-refractivity contribution in [1.29, 1.82) is 0 Å². The summed E-state index contributed by atoms with van der Waals surface area (Å²) in [4.78, 5) is 11.3. The van der Waals surface area contributed by atoms with Crippen LogP contribution in [-0.2, 0) is 15.1 Å². The maximum atomic E-state index is 14.9. The summed E-state index contributed by atoms with van der Waals surface area (Å²) in [7, 11) is 0. The second kappa shape index (κ2) is 6.51. The number of esters is 1. The van der Waals surface area contributed by atoms with E-state index in [0.29, 0.717) is 13.0 Å². The first-order chi connectivity index (χ1) is 10.9. The van der Waals surface area contributed by atoms with Crippen LogP contribution < -0.4 is 0 Å². The Morgan fingerprint density at radius 1 is 1.21 bits per heavy atom. The summed E-state index contributed by atoms with van der Waals surface area (Å²) in [5, 5.41) is 10.1. The predicted octanol–water partition coefficient (Wildman–Crippen LogP) is 3.97. The van der Waals surface area contributed by atoms with Gasteiger partial charge in [0.15, 0.2) is 5.60 Å². The Kier molecular flexibility index (Phi) is 5.44. The molecular weight excluding hydrogens is 335 g/mol. The predicted molar refractivity (Wildman–Crippen MR) is 76.3 cm³/mol. The van der Waals surface area contributed by atoms with Gasteiger partial charge in [-0.25, -0.2) is 4.79 Å². The zero-order valence-electron chi connectivity index (χ0n) is 13.0. The van der Waals surface area contributed by atoms with E-state index in [2.05, 4.69) is 11.3 Å². The molecule has 0 bridgehead atoms. The minimum absolute atomic E-state index is 0.555. The van der Waals surface area contributed by atoms with Gasteiger partial charge in [0.2, 0.25) is 0 Å². The number of carbonyl (C=O) groups excluding carboxylic acids is 1. The van der Waals surface area contributed by atoms with E-state index in [0.717, 1.165) is 31.2 Å². The highest BCUT2D eigenvalue weighted by Crippen LogP contribution is 2.55. The summed E-state index contributed by atoms with van der Waals surface area (Å²) in [6.45, 7) is 4.78. The van der Waals surface area contributed by atoms with Gasteiger partial charge in [0.25, 0.3) is 5.60 Å². The average Bonchev–Trinajstić information content (AvgIpc) is 2.53. The number of benzene rings is 1. The third kappa shape index (κ3) is 3.02. The van der Waals surface area contributed by atoms with Gasteiger partial charge in [0, 0.05) is 6.08 Å². The van der Waals surface area contributed by atoms with Crippen molar-refractivity contribution < 1.29 is 36.6 Å². The van der Waals surface area contributed by atoms with Crippen molar-refractivity contribution in [3.8, 4) is 0 Å². The molecule has 0 saturated heterocycles. The number of carbonyl (C=O) groups is 1. The molecule has 0 aliphatic rings. The second-order valence-corrected chi connectivity index (χ2v) is 5.36. The Labute approximate surface area is 135 Å². The summed E-state index contributed by atoms with van der Waals surface area (Å²) < 4.78 is 74.8. The molecule has 0 radical (unpaired) electrons. The number of halogens is 5. The van der Waals surface area contributed by atoms with Crippen LogP contribution in [0.1, 0.15) is 25.8 Å². The smallest absolute Gasteiger partial charge is 0.427 e. The van der Waals surface area contributed by atoms with Crippen LogP contribution in [0.2, 0.25) is 0 Å². The highest BCUT2D eigenvalue weighted by molar-refractivity contribution is 5.81. The van der Waals surface area contributed by atoms with E-state index in [4.69, 9.17) is 0 Å². The molecule has 1 rings (SSSR count). The minimum Gasteiger partial charge on any atom is -0.450 e. The van der Waals surface area contributed by atoms with Crippen molar-refractivity contribution in [2.45, 2.75) is 43.6 Å². The number of alkyl halides is 5. The van der Waals surface area contributed by atoms with Crippen LogP contribution in [-0.4, -0.2) is 28.8 Å². The monoisotopic (exact) mass is 352 g/mol. The molecule has 1 N–H and O–H groups in total. The fourth-order valence-electron chi connectivity index (χ4n) is 2.21. The zero-order chi connectivity index (χ0) is 18.8. The van der Waals surface area contributed by atoms with Crippen LogP contribution in [0.5, 0.6) is 0 Å². The third-order valence-electron chi connectivity index (χ3n) is 3.89. The number of rotatable bonds is 6. The largest absolute Gasteiger partial charge is 0.450 e. The second-order valence-electron chi connectivity index (χ2n) is 5.36. The van der Waals surface area contributed by atoms with Gasteiger partial charge in [-0.3, -0.25) is 0 Å². The van der Waals surface area contributed by atoms with Crippen LogP contribution in [0.3, 0.4) is 0 Å². The standard InChI is InChI=1S/C16H17F5O3/c1-4-12(22)24-13(3,5-2)15(17,18)14(23,16(19,20)21)11-9-7-6-8-10-11/h4,6-10,23H,1,5H2,2-3H3. The van der Waals surface area contributed by atoms with Crippen LogP contribution in [0.15, 0.2) is 43.0 Å². The van der Waals surface area contributed by atoms with E-state index in [9.17, 15) is 31.9 Å². The molecule has 0 aromatic heterocycles. The molecule has 24 heavy (non-hydrogen) atoms. The van der Waals surface area contributed by atoms with E-state index < -0.39 is 41.3 Å². The van der Waals surface area contributed by atoms with Gasteiger partial charge in [0.05, 0.1) is 0 Å². The molecule has 0 saturated carbocycles. The van der Waals surface area contributed by atoms with Gasteiger partial charge in [-0.2, -0.15) is 22.0 Å². The Morgan fingerprint density at radius 3 is 2.08 bits per heavy atom. The van der Waals surface area contributed by atoms with Crippen LogP contribution in [0, 0.1) is 0 Å². The lowest BCUT2D eigenvalue weighted by Crippen LogP contribution is -2.66. The van der Waals surface area contributed by atoms with Crippen molar-refractivity contribution in [3.63, 3.8) is 0 Å². The maximum Gasteiger partial charge on any atom is 0.427 e. The lowest BCUT2D eigenvalue weighted by Gasteiger charge is -2.45. The molecule has 134 valence electrons. The average molecular weight is 352 g/mol. The van der Waals surface area contributed by atoms with Gasteiger partial charge in [-0.05, 0) is 18.9 Å². The molecule has 8 heteroatoms. The van der Waals surface area contributed by atoms with Gasteiger partial charge in [-0.15, -0.1) is 0 Å². The summed E-state index contributed by atoms with van der Waals surface area (Å²) in [6, 6.07) is 4.94. The lowest BCUT2D eigenvalue weighted by molar-refractivity contribution is -0.373. The first-order valence-corrected chi connectivity index (χ1v) is 6.95. The Balaban J connectivity index is 3.61. The van der Waals surface area contributed by atoms with Crippen molar-refractivity contribution in [3.05, 3.63) is 48.6 Å². The van der Waals surface area contributed by atoms with Crippen molar-refractivity contribution in [1.82, 2.24) is 0 Å². The van der Waals surface area contributed by atoms with Crippen molar-refractivity contribution >= 4 is 5.97 Å². The molecule has 0 amide bonds. The highest BCUT2D eigenvalue weighted by atomic mass is 19.4. The summed E-state index contributed by atoms with van der Waals surface area (Å²) in [5.74, 6) is -6.20. The first-order valence-electron chi connectivity index (χ1n) is 6.95. The molecule has 2 unspecified atom stereocenters. The Bertz CT molecular complexity index is 599. The number of hydrogen-bond donors (Lipinski definition) is 1. The summed E-state index contributed by atoms with van der Waals surface area (Å²) in [6.07, 6.45) is -5.85. The highest BCUT2D eigenvalue weighted by Gasteiger charge is 2.76. The first kappa shape index (κ1) is 20.1. The fourth-order valence-corrected chi connectivity index (χ4v) is 2.21. The number of ether oxygens (including phenoxy) is 1. The molecule has 3 nitrogen and oxygen atoms in total. The van der Waals surface area contributed by atoms with Gasteiger partial charge in [-0.1, -0.05) is 43.8 Å². The molecule has 0 aliphatic carbocycles. The van der Waals surface area contributed by atoms with Gasteiger partial charge < -0.3 is 9.84 Å². The fraction of sp³-hybridized carbons (Fsp3) is 0.438. The van der Waals surface area contributed by atoms with Crippen LogP contribution in [0.4, 0.5) is 22.0 Å². The maximum absolute atomic E-state index is 14.9. The van der Waals surface area contributed by atoms with Crippen molar-refractivity contribution in [2.24, 2.45) is 0 Å². The van der Waals surface area contributed by atoms with Crippen LogP contribution in [0.25, 0.3) is 0 Å². The van der Waals surface area contributed by atoms with E-state index in [1.165, 1.54) is 6.07 Å². The van der Waals surface area contributed by atoms with Gasteiger partial charge in [0.1, 0.15) is 0 Å². The minimum atomic E-state index is -5.73. The SMILES string of the molecule is C=CC(=O)OC(C)(CC)C(F)(F)C(O)(c1ccccc1)C(F)(F)F. The van der Waals surface area contributed by atoms with E-state index in [1.807, 2.05) is 0 Å². The lowest BCUT2D eigenvalue weighted by atomic mass is 9.76. The Morgan fingerprint density at radius 2 is 1.71 bits per heavy atom. The van der Waals surface area contributed by atoms with Gasteiger partial charge >= 0.3 is 18.1 Å². The molecule has 1 aromatic carbocycles. The Hall–Kier alpha value is -1.96. The summed E-state index contributed by atoms with van der Waals surface area (Å²) >= 11 is 0. The molecule has 0 aliphatic heterocycles. The number of aliphatic hydroxyl groups is 1. The molecule has 2 atom stereocenters. The van der Waals surface area contributed by atoms with E-state index in [1.54, 1.807) is 0 Å². The van der Waals surface area contributed by atoms with Crippen LogP contribution >= 0.6 is 0 Å². The molecule has 0 heterocycles. The topological polar surface area (TPSA) is 46.5 Å². The molecular formula is C16H17F5O3. The quantitative estimate of drug-likeness (QED) is 0.479. The zero-order valence-corrected chi connectivity index (χ0v) is 13.0. The van der Waals surface area contributed by atoms with E-state index >= 15 is 0 Å². The molecule has 0 spiro atoms.